The van der Waals surface area contributed by atoms with Gasteiger partial charge in [0.2, 0.25) is 0 Å². The number of nitriles is 1. The fraction of sp³-hybridized carbons (Fsp3) is 0.562. The van der Waals surface area contributed by atoms with Crippen LogP contribution in [0.3, 0.4) is 0 Å². The van der Waals surface area contributed by atoms with Crippen LogP contribution in [0.15, 0.2) is 12.1 Å². The van der Waals surface area contributed by atoms with Crippen LogP contribution >= 0.6 is 23.2 Å². The van der Waals surface area contributed by atoms with Crippen LogP contribution in [0.5, 0.6) is 0 Å². The summed E-state index contributed by atoms with van der Waals surface area (Å²) >= 11 is 12.3. The standard InChI is InChI=1S/C16H19Cl2NO2/c17-14-7-6-12(8-9-19)13(16(14)18)4-3-11-21-15-5-1-2-10-20-15/h6-7,15H,1-5,8,10-11H2. The first-order valence-corrected chi connectivity index (χ1v) is 8.04. The van der Waals surface area contributed by atoms with Gasteiger partial charge in [0, 0.05) is 6.61 Å². The number of hydrogen-bond donors (Lipinski definition) is 0. The van der Waals surface area contributed by atoms with Crippen LogP contribution in [0.4, 0.5) is 0 Å². The van der Waals surface area contributed by atoms with E-state index in [2.05, 4.69) is 6.07 Å². The SMILES string of the molecule is N#CCc1ccc(Cl)c(Cl)c1CCCOC1CCCCO1. The van der Waals surface area contributed by atoms with Crippen molar-refractivity contribution in [3.05, 3.63) is 33.3 Å². The molecule has 5 heteroatoms. The Balaban J connectivity index is 1.87. The van der Waals surface area contributed by atoms with Crippen LogP contribution in [0.2, 0.25) is 10.0 Å². The van der Waals surface area contributed by atoms with Gasteiger partial charge in [-0.1, -0.05) is 29.3 Å². The van der Waals surface area contributed by atoms with Crippen LogP contribution in [-0.4, -0.2) is 19.5 Å². The van der Waals surface area contributed by atoms with Gasteiger partial charge in [0.1, 0.15) is 0 Å². The normalized spacial score (nSPS) is 18.4. The van der Waals surface area contributed by atoms with Crippen molar-refractivity contribution in [2.75, 3.05) is 13.2 Å². The Morgan fingerprint density at radius 3 is 2.90 bits per heavy atom. The Morgan fingerprint density at radius 2 is 2.19 bits per heavy atom. The Hall–Kier alpha value is -0.790. The second-order valence-electron chi connectivity index (χ2n) is 5.10. The minimum absolute atomic E-state index is 0.0628. The van der Waals surface area contributed by atoms with Crippen LogP contribution < -0.4 is 0 Å². The van der Waals surface area contributed by atoms with Crippen molar-refractivity contribution in [1.82, 2.24) is 0 Å². The number of ether oxygens (including phenoxy) is 2. The molecule has 0 amide bonds. The summed E-state index contributed by atoms with van der Waals surface area (Å²) in [6.45, 7) is 1.41. The molecule has 1 saturated heterocycles. The van der Waals surface area contributed by atoms with Gasteiger partial charge >= 0.3 is 0 Å². The second kappa shape index (κ2) is 8.60. The number of halogens is 2. The highest BCUT2D eigenvalue weighted by molar-refractivity contribution is 6.42. The molecule has 1 aromatic rings. The van der Waals surface area contributed by atoms with Gasteiger partial charge in [-0.2, -0.15) is 5.26 Å². The van der Waals surface area contributed by atoms with Gasteiger partial charge in [-0.3, -0.25) is 0 Å². The summed E-state index contributed by atoms with van der Waals surface area (Å²) in [7, 11) is 0. The van der Waals surface area contributed by atoms with E-state index < -0.39 is 0 Å². The summed E-state index contributed by atoms with van der Waals surface area (Å²) in [4.78, 5) is 0. The molecule has 0 aromatic heterocycles. The molecule has 0 aliphatic carbocycles. The number of hydrogen-bond acceptors (Lipinski definition) is 3. The molecular weight excluding hydrogens is 309 g/mol. The highest BCUT2D eigenvalue weighted by atomic mass is 35.5. The third-order valence-corrected chi connectivity index (χ3v) is 4.42. The average molecular weight is 328 g/mol. The predicted molar refractivity (Wildman–Crippen MR) is 83.6 cm³/mol. The molecular formula is C16H19Cl2NO2. The summed E-state index contributed by atoms with van der Waals surface area (Å²) in [5.41, 5.74) is 1.90. The molecule has 0 N–H and O–H groups in total. The molecule has 1 unspecified atom stereocenters. The van der Waals surface area contributed by atoms with E-state index in [0.29, 0.717) is 23.1 Å². The zero-order valence-electron chi connectivity index (χ0n) is 11.9. The van der Waals surface area contributed by atoms with Crippen LogP contribution in [-0.2, 0) is 22.3 Å². The maximum Gasteiger partial charge on any atom is 0.157 e. The fourth-order valence-electron chi connectivity index (χ4n) is 2.46. The van der Waals surface area contributed by atoms with E-state index in [1.165, 1.54) is 0 Å². The summed E-state index contributed by atoms with van der Waals surface area (Å²) in [6.07, 6.45) is 5.12. The quantitative estimate of drug-likeness (QED) is 0.720. The maximum atomic E-state index is 8.88. The van der Waals surface area contributed by atoms with Crippen LogP contribution in [0.25, 0.3) is 0 Å². The Morgan fingerprint density at radius 1 is 1.33 bits per heavy atom. The van der Waals surface area contributed by atoms with Crippen molar-refractivity contribution >= 4 is 23.2 Å². The van der Waals surface area contributed by atoms with Gasteiger partial charge in [0.25, 0.3) is 0 Å². The minimum atomic E-state index is -0.0628. The molecule has 0 saturated carbocycles. The molecule has 114 valence electrons. The van der Waals surface area contributed by atoms with Crippen molar-refractivity contribution in [2.45, 2.75) is 44.8 Å². The number of rotatable bonds is 6. The van der Waals surface area contributed by atoms with Gasteiger partial charge in [0.15, 0.2) is 6.29 Å². The largest absolute Gasteiger partial charge is 0.353 e. The summed E-state index contributed by atoms with van der Waals surface area (Å²) < 4.78 is 11.2. The number of benzene rings is 1. The lowest BCUT2D eigenvalue weighted by atomic mass is 10.0. The summed E-state index contributed by atoms with van der Waals surface area (Å²) in [6, 6.07) is 5.78. The highest BCUT2D eigenvalue weighted by Crippen LogP contribution is 2.30. The molecule has 21 heavy (non-hydrogen) atoms. The lowest BCUT2D eigenvalue weighted by Crippen LogP contribution is -2.22. The molecule has 0 bridgehead atoms. The molecule has 1 atom stereocenters. The van der Waals surface area contributed by atoms with Crippen molar-refractivity contribution in [2.24, 2.45) is 0 Å². The molecule has 1 fully saturated rings. The number of nitrogens with zero attached hydrogens (tertiary/aromatic N) is 1. The Bertz CT molecular complexity index is 508. The lowest BCUT2D eigenvalue weighted by Gasteiger charge is -2.22. The molecule has 2 rings (SSSR count). The molecule has 1 aliphatic heterocycles. The van der Waals surface area contributed by atoms with Crippen molar-refractivity contribution in [3.8, 4) is 6.07 Å². The van der Waals surface area contributed by atoms with E-state index in [0.717, 1.165) is 49.8 Å². The van der Waals surface area contributed by atoms with Crippen molar-refractivity contribution in [3.63, 3.8) is 0 Å². The van der Waals surface area contributed by atoms with Crippen molar-refractivity contribution in [1.29, 1.82) is 5.26 Å². The molecule has 0 spiro atoms. The summed E-state index contributed by atoms with van der Waals surface area (Å²) in [5, 5.41) is 9.97. The molecule has 1 aliphatic rings. The first-order chi connectivity index (χ1) is 10.2. The highest BCUT2D eigenvalue weighted by Gasteiger charge is 2.14. The van der Waals surface area contributed by atoms with E-state index in [9.17, 15) is 0 Å². The zero-order valence-corrected chi connectivity index (χ0v) is 13.4. The van der Waals surface area contributed by atoms with Crippen LogP contribution in [0, 0.1) is 11.3 Å². The van der Waals surface area contributed by atoms with E-state index in [-0.39, 0.29) is 6.29 Å². The monoisotopic (exact) mass is 327 g/mol. The van der Waals surface area contributed by atoms with Crippen LogP contribution in [0.1, 0.15) is 36.8 Å². The Kier molecular flexibility index (Phi) is 6.79. The Labute approximate surface area is 135 Å². The maximum absolute atomic E-state index is 8.88. The van der Waals surface area contributed by atoms with Gasteiger partial charge in [-0.15, -0.1) is 0 Å². The van der Waals surface area contributed by atoms with E-state index >= 15 is 0 Å². The van der Waals surface area contributed by atoms with Gasteiger partial charge in [-0.25, -0.2) is 0 Å². The van der Waals surface area contributed by atoms with E-state index in [1.54, 1.807) is 6.07 Å². The third kappa shape index (κ3) is 4.86. The first-order valence-electron chi connectivity index (χ1n) is 7.28. The summed E-state index contributed by atoms with van der Waals surface area (Å²) in [5.74, 6) is 0. The zero-order chi connectivity index (χ0) is 15.1. The third-order valence-electron chi connectivity index (χ3n) is 3.58. The molecule has 1 aromatic carbocycles. The average Bonchev–Trinajstić information content (AvgIpc) is 2.51. The van der Waals surface area contributed by atoms with E-state index in [1.807, 2.05) is 6.07 Å². The van der Waals surface area contributed by atoms with Crippen molar-refractivity contribution < 1.29 is 9.47 Å². The lowest BCUT2D eigenvalue weighted by molar-refractivity contribution is -0.162. The molecule has 1 heterocycles. The first kappa shape index (κ1) is 16.6. The predicted octanol–water partition coefficient (Wildman–Crippen LogP) is 4.54. The molecule has 3 nitrogen and oxygen atoms in total. The van der Waals surface area contributed by atoms with E-state index in [4.69, 9.17) is 37.9 Å². The van der Waals surface area contributed by atoms with Gasteiger partial charge in [-0.05, 0) is 49.3 Å². The van der Waals surface area contributed by atoms with Gasteiger partial charge in [0.05, 0.1) is 29.1 Å². The minimum Gasteiger partial charge on any atom is -0.353 e. The molecule has 0 radical (unpaired) electrons. The van der Waals surface area contributed by atoms with Gasteiger partial charge < -0.3 is 9.47 Å². The fourth-order valence-corrected chi connectivity index (χ4v) is 2.92. The smallest absolute Gasteiger partial charge is 0.157 e. The topological polar surface area (TPSA) is 42.2 Å². The second-order valence-corrected chi connectivity index (χ2v) is 5.89.